The molecule has 3 fully saturated rings. The molecule has 6 heteroatoms. The summed E-state index contributed by atoms with van der Waals surface area (Å²) in [6, 6.07) is 1.95. The van der Waals surface area contributed by atoms with Crippen molar-refractivity contribution in [1.29, 1.82) is 0 Å². The highest BCUT2D eigenvalue weighted by Gasteiger charge is 2.40. The topological polar surface area (TPSA) is 81.3 Å². The molecule has 0 bridgehead atoms. The lowest BCUT2D eigenvalue weighted by atomic mass is 9.86. The van der Waals surface area contributed by atoms with E-state index in [2.05, 4.69) is 9.97 Å². The number of ether oxygens (including phenoxy) is 1. The maximum atomic E-state index is 12.6. The summed E-state index contributed by atoms with van der Waals surface area (Å²) in [5, 5.41) is 0. The lowest BCUT2D eigenvalue weighted by Crippen LogP contribution is -2.57. The third kappa shape index (κ3) is 4.07. The lowest BCUT2D eigenvalue weighted by molar-refractivity contribution is -0.139. The Labute approximate surface area is 155 Å². The van der Waals surface area contributed by atoms with Gasteiger partial charge in [0.25, 0.3) is 0 Å². The van der Waals surface area contributed by atoms with E-state index >= 15 is 0 Å². The minimum absolute atomic E-state index is 0.0421. The molecule has 0 aromatic carbocycles. The fourth-order valence-corrected chi connectivity index (χ4v) is 4.38. The van der Waals surface area contributed by atoms with Gasteiger partial charge in [-0.05, 0) is 57.4 Å². The van der Waals surface area contributed by atoms with Crippen LogP contribution in [-0.2, 0) is 9.53 Å². The molecule has 26 heavy (non-hydrogen) atoms. The van der Waals surface area contributed by atoms with Gasteiger partial charge in [0.2, 0.25) is 5.91 Å². The molecular weight excluding hydrogens is 328 g/mol. The van der Waals surface area contributed by atoms with Gasteiger partial charge in [-0.2, -0.15) is 0 Å². The van der Waals surface area contributed by atoms with E-state index in [1.807, 2.05) is 23.4 Å². The van der Waals surface area contributed by atoms with Crippen molar-refractivity contribution in [2.75, 3.05) is 13.2 Å². The second kappa shape index (κ2) is 8.01. The quantitative estimate of drug-likeness (QED) is 0.873. The van der Waals surface area contributed by atoms with Gasteiger partial charge >= 0.3 is 0 Å². The number of nitrogens with two attached hydrogens (primary N) is 1. The summed E-state index contributed by atoms with van der Waals surface area (Å²) >= 11 is 0. The van der Waals surface area contributed by atoms with Crippen LogP contribution in [0.25, 0.3) is 0 Å². The van der Waals surface area contributed by atoms with Crippen LogP contribution in [0.2, 0.25) is 0 Å². The van der Waals surface area contributed by atoms with Crippen LogP contribution in [0, 0.1) is 5.92 Å². The fourth-order valence-electron chi connectivity index (χ4n) is 4.38. The Hall–Kier alpha value is -1.53. The van der Waals surface area contributed by atoms with Crippen LogP contribution in [0.1, 0.15) is 63.1 Å². The van der Waals surface area contributed by atoms with E-state index < -0.39 is 0 Å². The van der Waals surface area contributed by atoms with Crippen LogP contribution in [-0.4, -0.2) is 52.1 Å². The molecule has 2 aliphatic carbocycles. The van der Waals surface area contributed by atoms with Gasteiger partial charge in [0, 0.05) is 36.8 Å². The van der Waals surface area contributed by atoms with Crippen molar-refractivity contribution in [2.45, 2.75) is 75.5 Å². The number of aromatic nitrogens is 2. The maximum Gasteiger partial charge on any atom is 0.226 e. The Morgan fingerprint density at radius 1 is 1.12 bits per heavy atom. The third-order valence-electron chi connectivity index (χ3n) is 6.17. The predicted molar refractivity (Wildman–Crippen MR) is 98.4 cm³/mol. The Balaban J connectivity index is 1.28. The average molecular weight is 358 g/mol. The zero-order valence-electron chi connectivity index (χ0n) is 15.4. The van der Waals surface area contributed by atoms with Gasteiger partial charge in [0.1, 0.15) is 5.82 Å². The molecule has 2 N–H and O–H groups in total. The molecule has 1 aromatic heterocycles. The Kier molecular flexibility index (Phi) is 5.50. The van der Waals surface area contributed by atoms with Crippen LogP contribution in [0.5, 0.6) is 0 Å². The molecule has 1 saturated heterocycles. The summed E-state index contributed by atoms with van der Waals surface area (Å²) in [6.07, 6.45) is 12.2. The number of amides is 1. The highest BCUT2D eigenvalue weighted by atomic mass is 16.5. The number of carbonyl (C=O) groups excluding carboxylic acids is 1. The van der Waals surface area contributed by atoms with Gasteiger partial charge in [-0.25, -0.2) is 9.97 Å². The second-order valence-corrected chi connectivity index (χ2v) is 8.09. The molecule has 6 nitrogen and oxygen atoms in total. The first-order chi connectivity index (χ1) is 12.7. The van der Waals surface area contributed by atoms with Gasteiger partial charge in [0.05, 0.1) is 18.8 Å². The molecule has 1 amide bonds. The van der Waals surface area contributed by atoms with Crippen molar-refractivity contribution in [3.8, 4) is 0 Å². The van der Waals surface area contributed by atoms with Crippen molar-refractivity contribution >= 4 is 5.91 Å². The van der Waals surface area contributed by atoms with E-state index in [4.69, 9.17) is 10.5 Å². The number of rotatable bonds is 5. The molecule has 2 saturated carbocycles. The van der Waals surface area contributed by atoms with Crippen LogP contribution >= 0.6 is 0 Å². The first-order valence-corrected chi connectivity index (χ1v) is 10.2. The zero-order chi connectivity index (χ0) is 17.9. The number of likely N-dealkylation sites (tertiary alicyclic amines) is 1. The van der Waals surface area contributed by atoms with Crippen molar-refractivity contribution in [3.63, 3.8) is 0 Å². The van der Waals surface area contributed by atoms with Crippen LogP contribution < -0.4 is 5.73 Å². The normalized spacial score (nSPS) is 32.4. The molecule has 0 unspecified atom stereocenters. The summed E-state index contributed by atoms with van der Waals surface area (Å²) in [5.74, 6) is 1.96. The molecule has 1 aliphatic heterocycles. The zero-order valence-corrected chi connectivity index (χ0v) is 15.4. The standard InChI is InChI=1S/C20H30N4O2/c21-17-3-1-12-24(20(25)15-4-5-15)18(17)13-26-16-8-6-14(7-9-16)19-22-10-2-11-23-19/h2,10-11,14-18H,1,3-9,12-13,21H2/t14?,16?,17-,18-/m0/s1. The molecule has 0 spiro atoms. The fraction of sp³-hybridized carbons (Fsp3) is 0.750. The second-order valence-electron chi connectivity index (χ2n) is 8.09. The Morgan fingerprint density at radius 2 is 1.85 bits per heavy atom. The van der Waals surface area contributed by atoms with Crippen LogP contribution in [0.3, 0.4) is 0 Å². The SMILES string of the molecule is N[C@H]1CCCN(C(=O)C2CC2)[C@H]1COC1CCC(c2ncccn2)CC1. The average Bonchev–Trinajstić information content (AvgIpc) is 3.53. The molecule has 2 heterocycles. The van der Waals surface area contributed by atoms with Gasteiger partial charge in [-0.3, -0.25) is 4.79 Å². The van der Waals surface area contributed by atoms with Crippen LogP contribution in [0.4, 0.5) is 0 Å². The maximum absolute atomic E-state index is 12.6. The lowest BCUT2D eigenvalue weighted by Gasteiger charge is -2.41. The first kappa shape index (κ1) is 17.9. The molecule has 2 atom stereocenters. The van der Waals surface area contributed by atoms with E-state index in [-0.39, 0.29) is 24.1 Å². The van der Waals surface area contributed by atoms with E-state index in [1.54, 1.807) is 0 Å². The van der Waals surface area contributed by atoms with Crippen molar-refractivity contribution in [3.05, 3.63) is 24.3 Å². The van der Waals surface area contributed by atoms with Gasteiger partial charge in [-0.1, -0.05) is 0 Å². The molecule has 4 rings (SSSR count). The number of carbonyl (C=O) groups is 1. The van der Waals surface area contributed by atoms with Gasteiger partial charge < -0.3 is 15.4 Å². The number of nitrogens with zero attached hydrogens (tertiary/aromatic N) is 3. The first-order valence-electron chi connectivity index (χ1n) is 10.2. The highest BCUT2D eigenvalue weighted by molar-refractivity contribution is 5.81. The minimum Gasteiger partial charge on any atom is -0.376 e. The predicted octanol–water partition coefficient (Wildman–Crippen LogP) is 2.25. The van der Waals surface area contributed by atoms with Crippen molar-refractivity contribution in [1.82, 2.24) is 14.9 Å². The van der Waals surface area contributed by atoms with Gasteiger partial charge in [0.15, 0.2) is 0 Å². The summed E-state index contributed by atoms with van der Waals surface area (Å²) in [6.45, 7) is 1.42. The summed E-state index contributed by atoms with van der Waals surface area (Å²) in [5.41, 5.74) is 6.35. The van der Waals surface area contributed by atoms with E-state index in [0.717, 1.165) is 63.7 Å². The van der Waals surface area contributed by atoms with Gasteiger partial charge in [-0.15, -0.1) is 0 Å². The van der Waals surface area contributed by atoms with E-state index in [9.17, 15) is 4.79 Å². The molecule has 3 aliphatic rings. The number of hydrogen-bond acceptors (Lipinski definition) is 5. The minimum atomic E-state index is 0.0421. The monoisotopic (exact) mass is 358 g/mol. The summed E-state index contributed by atoms with van der Waals surface area (Å²) in [4.78, 5) is 23.4. The summed E-state index contributed by atoms with van der Waals surface area (Å²) < 4.78 is 6.24. The van der Waals surface area contributed by atoms with Crippen LogP contribution in [0.15, 0.2) is 18.5 Å². The van der Waals surface area contributed by atoms with E-state index in [1.165, 1.54) is 0 Å². The highest BCUT2D eigenvalue weighted by Crippen LogP contribution is 2.34. The molecule has 1 aromatic rings. The smallest absolute Gasteiger partial charge is 0.226 e. The van der Waals surface area contributed by atoms with Crippen molar-refractivity contribution in [2.24, 2.45) is 11.7 Å². The van der Waals surface area contributed by atoms with E-state index in [0.29, 0.717) is 18.4 Å². The summed E-state index contributed by atoms with van der Waals surface area (Å²) in [7, 11) is 0. The number of piperidine rings is 1. The Morgan fingerprint density at radius 3 is 2.54 bits per heavy atom. The molecule has 0 radical (unpaired) electrons. The van der Waals surface area contributed by atoms with Crippen molar-refractivity contribution < 1.29 is 9.53 Å². The Bertz CT molecular complexity index is 599. The largest absolute Gasteiger partial charge is 0.376 e. The third-order valence-corrected chi connectivity index (χ3v) is 6.17. The molecular formula is C20H30N4O2. The number of hydrogen-bond donors (Lipinski definition) is 1. The molecule has 142 valence electrons.